The molecule has 0 saturated carbocycles. The summed E-state index contributed by atoms with van der Waals surface area (Å²) >= 11 is 0. The van der Waals surface area contributed by atoms with Crippen molar-refractivity contribution >= 4 is 17.8 Å². The van der Waals surface area contributed by atoms with Gasteiger partial charge in [-0.1, -0.05) is 0 Å². The highest BCUT2D eigenvalue weighted by Gasteiger charge is 2.24. The number of anilines is 1. The van der Waals surface area contributed by atoms with Crippen molar-refractivity contribution < 1.29 is 14.3 Å². The summed E-state index contributed by atoms with van der Waals surface area (Å²) in [4.78, 5) is 33.9. The largest absolute Gasteiger partial charge is 0.469 e. The second-order valence-electron chi connectivity index (χ2n) is 5.91. The first-order valence-corrected chi connectivity index (χ1v) is 7.90. The van der Waals surface area contributed by atoms with E-state index in [1.54, 1.807) is 0 Å². The van der Waals surface area contributed by atoms with Crippen molar-refractivity contribution in [3.8, 4) is 0 Å². The number of rotatable bonds is 6. The van der Waals surface area contributed by atoms with E-state index in [2.05, 4.69) is 20.0 Å². The highest BCUT2D eigenvalue weighted by atomic mass is 16.5. The molecule has 0 fully saturated rings. The van der Waals surface area contributed by atoms with Gasteiger partial charge in [-0.25, -0.2) is 9.97 Å². The first kappa shape index (κ1) is 17.2. The first-order chi connectivity index (χ1) is 11.0. The summed E-state index contributed by atoms with van der Waals surface area (Å²) < 4.78 is 4.57. The van der Waals surface area contributed by atoms with Gasteiger partial charge < -0.3 is 15.0 Å². The monoisotopic (exact) mass is 320 g/mol. The Balaban J connectivity index is 1.95. The van der Waals surface area contributed by atoms with Crippen LogP contribution in [-0.2, 0) is 20.7 Å². The molecule has 0 radical (unpaired) electrons. The Kier molecular flexibility index (Phi) is 5.90. The first-order valence-electron chi connectivity index (χ1n) is 7.90. The van der Waals surface area contributed by atoms with E-state index < -0.39 is 0 Å². The van der Waals surface area contributed by atoms with Crippen molar-refractivity contribution in [3.63, 3.8) is 0 Å². The van der Waals surface area contributed by atoms with Crippen LogP contribution in [0.2, 0.25) is 0 Å². The maximum absolute atomic E-state index is 12.1. The third kappa shape index (κ3) is 4.64. The number of methoxy groups -OCH3 is 1. The number of nitrogens with one attached hydrogen (secondary N) is 1. The zero-order valence-electron chi connectivity index (χ0n) is 14.0. The Morgan fingerprint density at radius 2 is 2.17 bits per heavy atom. The van der Waals surface area contributed by atoms with Crippen LogP contribution < -0.4 is 10.2 Å². The molecule has 0 spiro atoms. The van der Waals surface area contributed by atoms with Crippen LogP contribution in [0.1, 0.15) is 49.4 Å². The standard InChI is InChI=1S/C16H24N4O3/c1-20(2)16-17-10-11-12(6-4-7-13(11)19-16)18-14(21)8-5-9-15(22)23-3/h10,12H,4-9H2,1-3H3,(H,18,21)/t12-/m0/s1. The van der Waals surface area contributed by atoms with Gasteiger partial charge in [-0.05, 0) is 25.7 Å². The second-order valence-corrected chi connectivity index (χ2v) is 5.91. The summed E-state index contributed by atoms with van der Waals surface area (Å²) in [5.74, 6) is 0.350. The number of amides is 1. The Morgan fingerprint density at radius 3 is 2.87 bits per heavy atom. The molecule has 126 valence electrons. The van der Waals surface area contributed by atoms with Gasteiger partial charge in [0, 0.05) is 38.7 Å². The van der Waals surface area contributed by atoms with Crippen molar-refractivity contribution in [2.75, 3.05) is 26.1 Å². The van der Waals surface area contributed by atoms with E-state index in [-0.39, 0.29) is 24.3 Å². The lowest BCUT2D eigenvalue weighted by molar-refractivity contribution is -0.140. The molecule has 1 amide bonds. The number of aryl methyl sites for hydroxylation is 1. The van der Waals surface area contributed by atoms with Crippen LogP contribution in [0, 0.1) is 0 Å². The molecular formula is C16H24N4O3. The fraction of sp³-hybridized carbons (Fsp3) is 0.625. The fourth-order valence-corrected chi connectivity index (χ4v) is 2.66. The number of nitrogens with zero attached hydrogens (tertiary/aromatic N) is 3. The van der Waals surface area contributed by atoms with Crippen LogP contribution in [-0.4, -0.2) is 43.0 Å². The number of hydrogen-bond acceptors (Lipinski definition) is 6. The lowest BCUT2D eigenvalue weighted by Gasteiger charge is -2.26. The Bertz CT molecular complexity index is 574. The lowest BCUT2D eigenvalue weighted by Crippen LogP contribution is -2.31. The van der Waals surface area contributed by atoms with Crippen molar-refractivity contribution in [2.45, 2.75) is 44.6 Å². The molecule has 23 heavy (non-hydrogen) atoms. The average molecular weight is 320 g/mol. The molecule has 1 N–H and O–H groups in total. The molecule has 0 aliphatic heterocycles. The van der Waals surface area contributed by atoms with Crippen LogP contribution in [0.3, 0.4) is 0 Å². The molecule has 0 bridgehead atoms. The van der Waals surface area contributed by atoms with Crippen LogP contribution >= 0.6 is 0 Å². The third-order valence-electron chi connectivity index (χ3n) is 3.92. The molecule has 0 unspecified atom stereocenters. The Morgan fingerprint density at radius 1 is 1.39 bits per heavy atom. The summed E-state index contributed by atoms with van der Waals surface area (Å²) in [6, 6.07) is -0.0411. The molecule has 0 aromatic carbocycles. The van der Waals surface area contributed by atoms with E-state index >= 15 is 0 Å². The molecule has 1 heterocycles. The minimum Gasteiger partial charge on any atom is -0.469 e. The summed E-state index contributed by atoms with van der Waals surface area (Å²) in [5.41, 5.74) is 2.01. The van der Waals surface area contributed by atoms with E-state index in [1.807, 2.05) is 25.2 Å². The van der Waals surface area contributed by atoms with Gasteiger partial charge in [-0.3, -0.25) is 9.59 Å². The highest BCUT2D eigenvalue weighted by molar-refractivity contribution is 5.77. The molecule has 7 heteroatoms. The smallest absolute Gasteiger partial charge is 0.305 e. The molecule has 0 saturated heterocycles. The van der Waals surface area contributed by atoms with E-state index in [0.717, 1.165) is 30.5 Å². The molecule has 1 aromatic rings. The van der Waals surface area contributed by atoms with E-state index in [0.29, 0.717) is 18.8 Å². The molecule has 1 aromatic heterocycles. The normalized spacial score (nSPS) is 16.4. The predicted molar refractivity (Wildman–Crippen MR) is 86.0 cm³/mol. The molecule has 1 atom stereocenters. The number of ether oxygens (including phenoxy) is 1. The van der Waals surface area contributed by atoms with Gasteiger partial charge in [0.25, 0.3) is 0 Å². The summed E-state index contributed by atoms with van der Waals surface area (Å²) in [7, 11) is 5.17. The van der Waals surface area contributed by atoms with Gasteiger partial charge in [0.1, 0.15) is 0 Å². The van der Waals surface area contributed by atoms with Gasteiger partial charge in [-0.2, -0.15) is 0 Å². The Hall–Kier alpha value is -2.18. The summed E-state index contributed by atoms with van der Waals surface area (Å²) in [6.07, 6.45) is 5.68. The molecule has 7 nitrogen and oxygen atoms in total. The topological polar surface area (TPSA) is 84.4 Å². The minimum absolute atomic E-state index is 0.0411. The predicted octanol–water partition coefficient (Wildman–Crippen LogP) is 1.38. The van der Waals surface area contributed by atoms with Crippen molar-refractivity contribution in [2.24, 2.45) is 0 Å². The van der Waals surface area contributed by atoms with Crippen LogP contribution in [0.15, 0.2) is 6.20 Å². The van der Waals surface area contributed by atoms with Crippen molar-refractivity contribution in [1.29, 1.82) is 0 Å². The van der Waals surface area contributed by atoms with Crippen molar-refractivity contribution in [3.05, 3.63) is 17.5 Å². The second kappa shape index (κ2) is 7.89. The minimum atomic E-state index is -0.287. The number of carbonyl (C=O) groups is 2. The van der Waals surface area contributed by atoms with Gasteiger partial charge >= 0.3 is 5.97 Å². The SMILES string of the molecule is COC(=O)CCCC(=O)N[C@H]1CCCc2nc(N(C)C)ncc21. The third-order valence-corrected chi connectivity index (χ3v) is 3.92. The van der Waals surface area contributed by atoms with Crippen LogP contribution in [0.5, 0.6) is 0 Å². The number of fused-ring (bicyclic) bond motifs is 1. The zero-order valence-corrected chi connectivity index (χ0v) is 14.0. The molecule has 1 aliphatic rings. The highest BCUT2D eigenvalue weighted by Crippen LogP contribution is 2.29. The van der Waals surface area contributed by atoms with Crippen LogP contribution in [0.25, 0.3) is 0 Å². The van der Waals surface area contributed by atoms with E-state index in [9.17, 15) is 9.59 Å². The maximum atomic E-state index is 12.1. The number of aromatic nitrogens is 2. The summed E-state index contributed by atoms with van der Waals surface area (Å²) in [5, 5.41) is 3.03. The van der Waals surface area contributed by atoms with E-state index in [1.165, 1.54) is 7.11 Å². The average Bonchev–Trinajstić information content (AvgIpc) is 2.54. The van der Waals surface area contributed by atoms with Gasteiger partial charge in [-0.15, -0.1) is 0 Å². The molecule has 1 aliphatic carbocycles. The Labute approximate surface area is 136 Å². The van der Waals surface area contributed by atoms with Gasteiger partial charge in [0.05, 0.1) is 18.8 Å². The number of carbonyl (C=O) groups excluding carboxylic acids is 2. The van der Waals surface area contributed by atoms with E-state index in [4.69, 9.17) is 0 Å². The summed E-state index contributed by atoms with van der Waals surface area (Å²) in [6.45, 7) is 0. The fourth-order valence-electron chi connectivity index (χ4n) is 2.66. The van der Waals surface area contributed by atoms with Gasteiger partial charge in [0.15, 0.2) is 0 Å². The molecule has 2 rings (SSSR count). The maximum Gasteiger partial charge on any atom is 0.305 e. The lowest BCUT2D eigenvalue weighted by atomic mass is 9.92. The quantitative estimate of drug-likeness (QED) is 0.797. The zero-order chi connectivity index (χ0) is 16.8. The molecular weight excluding hydrogens is 296 g/mol. The number of hydrogen-bond donors (Lipinski definition) is 1. The van der Waals surface area contributed by atoms with Gasteiger partial charge in [0.2, 0.25) is 11.9 Å². The van der Waals surface area contributed by atoms with Crippen molar-refractivity contribution in [1.82, 2.24) is 15.3 Å². The van der Waals surface area contributed by atoms with Crippen LogP contribution in [0.4, 0.5) is 5.95 Å². The number of esters is 1.